The van der Waals surface area contributed by atoms with Crippen LogP contribution in [-0.2, 0) is 32.5 Å². The van der Waals surface area contributed by atoms with E-state index in [-0.39, 0.29) is 37.8 Å². The molecule has 0 aliphatic rings. The van der Waals surface area contributed by atoms with Crippen LogP contribution in [0.25, 0.3) is 0 Å². The lowest BCUT2D eigenvalue weighted by Gasteiger charge is -2.39. The zero-order valence-electron chi connectivity index (χ0n) is 21.9. The third-order valence-corrected chi connectivity index (χ3v) is 10.2. The summed E-state index contributed by atoms with van der Waals surface area (Å²) in [7, 11) is -5.88. The van der Waals surface area contributed by atoms with E-state index in [9.17, 15) is 18.7 Å². The molecule has 0 aliphatic carbocycles. The van der Waals surface area contributed by atoms with Gasteiger partial charge in [-0.15, -0.1) is 13.2 Å². The minimum Gasteiger partial charge on any atom is -0.468 e. The van der Waals surface area contributed by atoms with E-state index in [1.54, 1.807) is 0 Å². The molecule has 0 N–H and O–H groups in total. The molecule has 11 heteroatoms. The third kappa shape index (κ3) is 9.32. The highest BCUT2D eigenvalue weighted by Gasteiger charge is 2.47. The molecule has 0 heterocycles. The van der Waals surface area contributed by atoms with E-state index < -0.39 is 39.1 Å². The number of methoxy groups -OCH3 is 2. The van der Waals surface area contributed by atoms with Gasteiger partial charge in [0.05, 0.1) is 14.2 Å². The minimum atomic E-state index is -4.17. The fraction of sp³-hybridized carbons (Fsp3) is 0.583. The van der Waals surface area contributed by atoms with Crippen LogP contribution in [0.2, 0.25) is 0 Å². The van der Waals surface area contributed by atoms with Gasteiger partial charge < -0.3 is 9.47 Å². The normalized spacial score (nSPS) is 16.7. The first-order valence-corrected chi connectivity index (χ1v) is 14.7. The number of rotatable bonds is 18. The molecule has 0 saturated carbocycles. The van der Waals surface area contributed by atoms with Gasteiger partial charge in [0.1, 0.15) is 12.1 Å². The number of hydrogen-bond acceptors (Lipinski definition) is 7. The highest BCUT2D eigenvalue weighted by molar-refractivity contribution is 7.72. The highest BCUT2D eigenvalue weighted by Crippen LogP contribution is 2.69. The molecule has 0 fully saturated rings. The van der Waals surface area contributed by atoms with E-state index in [1.165, 1.54) is 35.7 Å². The second-order valence-corrected chi connectivity index (χ2v) is 13.4. The first kappa shape index (κ1) is 33.2. The topological polar surface area (TPSA) is 102 Å². The van der Waals surface area contributed by atoms with Gasteiger partial charge in [-0.2, -0.15) is 0 Å². The van der Waals surface area contributed by atoms with Crippen LogP contribution < -0.4 is 0 Å². The molecular formula is C24H42N2O7P2. The van der Waals surface area contributed by atoms with E-state index in [0.29, 0.717) is 0 Å². The van der Waals surface area contributed by atoms with Crippen molar-refractivity contribution in [2.45, 2.75) is 52.6 Å². The second-order valence-electron chi connectivity index (χ2n) is 8.73. The summed E-state index contributed by atoms with van der Waals surface area (Å²) >= 11 is 0. The largest absolute Gasteiger partial charge is 0.468 e. The Morgan fingerprint density at radius 3 is 1.26 bits per heavy atom. The van der Waals surface area contributed by atoms with E-state index in [2.05, 4.69) is 26.3 Å². The molecule has 0 aromatic rings. The summed E-state index contributed by atoms with van der Waals surface area (Å²) in [5, 5.41) is 0. The van der Waals surface area contributed by atoms with Crippen molar-refractivity contribution in [2.24, 2.45) is 11.8 Å². The van der Waals surface area contributed by atoms with Crippen molar-refractivity contribution in [3.63, 3.8) is 0 Å². The Bertz CT molecular complexity index is 789. The van der Waals surface area contributed by atoms with Crippen LogP contribution in [-0.4, -0.2) is 60.7 Å². The number of carbonyl (C=O) groups is 2. The van der Waals surface area contributed by atoms with Crippen molar-refractivity contribution in [2.75, 3.05) is 27.3 Å². The number of ether oxygens (including phenoxy) is 2. The Labute approximate surface area is 210 Å². The maximum Gasteiger partial charge on any atom is 0.323 e. The van der Waals surface area contributed by atoms with E-state index >= 15 is 0 Å². The van der Waals surface area contributed by atoms with Gasteiger partial charge in [0.25, 0.3) is 0 Å². The van der Waals surface area contributed by atoms with E-state index in [0.717, 1.165) is 11.6 Å². The van der Waals surface area contributed by atoms with Gasteiger partial charge in [0.15, 0.2) is 0 Å². The molecule has 9 nitrogen and oxygen atoms in total. The Morgan fingerprint density at radius 2 is 1.06 bits per heavy atom. The van der Waals surface area contributed by atoms with Crippen LogP contribution in [0.4, 0.5) is 0 Å². The lowest BCUT2D eigenvalue weighted by Crippen LogP contribution is -2.43. The lowest BCUT2D eigenvalue weighted by molar-refractivity contribution is -0.146. The number of esters is 2. The first-order chi connectivity index (χ1) is 16.3. The number of carbonyl (C=O) groups excluding carboxylic acids is 2. The molecule has 4 atom stereocenters. The molecule has 0 aliphatic heterocycles. The lowest BCUT2D eigenvalue weighted by atomic mass is 10.0. The van der Waals surface area contributed by atoms with Crippen molar-refractivity contribution < 1.29 is 32.5 Å². The van der Waals surface area contributed by atoms with Gasteiger partial charge in [0.2, 0.25) is 0 Å². The minimum absolute atomic E-state index is 0.0305. The molecule has 0 spiro atoms. The van der Waals surface area contributed by atoms with E-state index in [1.807, 2.05) is 27.7 Å². The van der Waals surface area contributed by atoms with Gasteiger partial charge in [-0.05, 0) is 24.7 Å². The van der Waals surface area contributed by atoms with Gasteiger partial charge in [-0.3, -0.25) is 18.7 Å². The maximum absolute atomic E-state index is 14.2. The first-order valence-electron chi connectivity index (χ1n) is 11.4. The standard InChI is InChI=1S/C24H42N2O7P2/c1-11-15-25(21(17-19(5)6)23(27)31-9)34(29,13-3)33-35(30,14-4)26(16-12-2)22(18-20(7)8)24(28)32-10/h11-14,19-22H,1-4,15-18H2,5-10H3/t21-,22-,34+,35+/m0/s1. The Kier molecular flexibility index (Phi) is 14.6. The van der Waals surface area contributed by atoms with Crippen molar-refractivity contribution in [1.82, 2.24) is 9.34 Å². The SMILES string of the molecule is C=CCN([C@@H](CC(C)C)C(=O)OC)[P@@](=O)(C=C)O[P@](=O)(C=C)N(CC=C)[C@@H](CC(C)C)C(=O)OC. The summed E-state index contributed by atoms with van der Waals surface area (Å²) in [4.78, 5) is 25.3. The maximum atomic E-state index is 14.2. The van der Waals surface area contributed by atoms with Crippen molar-refractivity contribution in [3.8, 4) is 0 Å². The van der Waals surface area contributed by atoms with Crippen LogP contribution in [0.3, 0.4) is 0 Å². The summed E-state index contributed by atoms with van der Waals surface area (Å²) in [6.45, 7) is 22.2. The zero-order chi connectivity index (χ0) is 27.4. The molecule has 35 heavy (non-hydrogen) atoms. The van der Waals surface area contributed by atoms with Gasteiger partial charge in [0, 0.05) is 24.7 Å². The molecular weight excluding hydrogens is 490 g/mol. The van der Waals surface area contributed by atoms with Gasteiger partial charge in [-0.1, -0.05) is 53.0 Å². The average molecular weight is 533 g/mol. The molecule has 0 amide bonds. The predicted molar refractivity (Wildman–Crippen MR) is 141 cm³/mol. The summed E-state index contributed by atoms with van der Waals surface area (Å²) < 4.78 is 46.8. The van der Waals surface area contributed by atoms with E-state index in [4.69, 9.17) is 13.8 Å². The number of nitrogens with zero attached hydrogens (tertiary/aromatic N) is 2. The smallest absolute Gasteiger partial charge is 0.323 e. The zero-order valence-corrected chi connectivity index (χ0v) is 23.7. The van der Waals surface area contributed by atoms with Crippen LogP contribution in [0.15, 0.2) is 50.1 Å². The summed E-state index contributed by atoms with van der Waals surface area (Å²) in [5.74, 6) is 0.866. The van der Waals surface area contributed by atoms with Crippen LogP contribution >= 0.6 is 15.0 Å². The number of hydrogen-bond donors (Lipinski definition) is 0. The van der Waals surface area contributed by atoms with Crippen LogP contribution in [0.1, 0.15) is 40.5 Å². The van der Waals surface area contributed by atoms with Crippen molar-refractivity contribution in [1.29, 1.82) is 0 Å². The predicted octanol–water partition coefficient (Wildman–Crippen LogP) is 5.83. The van der Waals surface area contributed by atoms with Gasteiger partial charge in [-0.25, -0.2) is 13.7 Å². The van der Waals surface area contributed by atoms with Crippen LogP contribution in [0, 0.1) is 11.8 Å². The van der Waals surface area contributed by atoms with Gasteiger partial charge >= 0.3 is 27.0 Å². The monoisotopic (exact) mass is 532 g/mol. The average Bonchev–Trinajstić information content (AvgIpc) is 2.81. The summed E-state index contributed by atoms with van der Waals surface area (Å²) in [6, 6.07) is -1.97. The highest BCUT2D eigenvalue weighted by atomic mass is 31.2. The third-order valence-electron chi connectivity index (χ3n) is 5.10. The molecule has 0 aromatic heterocycles. The fourth-order valence-electron chi connectivity index (χ4n) is 3.52. The molecule has 0 radical (unpaired) electrons. The Balaban J connectivity index is 6.79. The van der Waals surface area contributed by atoms with Crippen molar-refractivity contribution >= 4 is 27.0 Å². The Morgan fingerprint density at radius 1 is 0.743 bits per heavy atom. The quantitative estimate of drug-likeness (QED) is 0.123. The molecule has 0 bridgehead atoms. The molecule has 0 aromatic carbocycles. The van der Waals surface area contributed by atoms with Crippen LogP contribution in [0.5, 0.6) is 0 Å². The fourth-order valence-corrected chi connectivity index (χ4v) is 8.40. The summed E-state index contributed by atoms with van der Waals surface area (Å²) in [5.41, 5.74) is 0. The second kappa shape index (κ2) is 15.4. The molecule has 0 unspecified atom stereocenters. The Hall–Kier alpha value is -1.76. The molecule has 200 valence electrons. The van der Waals surface area contributed by atoms with Crippen molar-refractivity contribution in [3.05, 3.63) is 50.1 Å². The molecule has 0 rings (SSSR count). The molecule has 0 saturated heterocycles. The summed E-state index contributed by atoms with van der Waals surface area (Å²) in [6.07, 6.45) is 3.47.